The van der Waals surface area contributed by atoms with Crippen molar-refractivity contribution < 1.29 is 9.53 Å². The molecule has 21 heavy (non-hydrogen) atoms. The van der Waals surface area contributed by atoms with Crippen LogP contribution in [0.15, 0.2) is 54.6 Å². The summed E-state index contributed by atoms with van der Waals surface area (Å²) in [5.41, 5.74) is 3.96. The zero-order valence-corrected chi connectivity index (χ0v) is 12.0. The van der Waals surface area contributed by atoms with Gasteiger partial charge < -0.3 is 4.74 Å². The Morgan fingerprint density at radius 3 is 2.43 bits per heavy atom. The molecule has 0 aliphatic rings. The average Bonchev–Trinajstić information content (AvgIpc) is 2.53. The van der Waals surface area contributed by atoms with E-state index in [1.807, 2.05) is 54.0 Å². The van der Waals surface area contributed by atoms with E-state index in [1.54, 1.807) is 6.08 Å². The van der Waals surface area contributed by atoms with Gasteiger partial charge in [-0.15, -0.1) is 0 Å². The molecule has 108 valence electrons. The minimum atomic E-state index is -0.349. The van der Waals surface area contributed by atoms with Gasteiger partial charge in [-0.3, -0.25) is 10.2 Å². The summed E-state index contributed by atoms with van der Waals surface area (Å²) < 4.78 is 5.67. The molecule has 0 aliphatic heterocycles. The first-order valence-electron chi connectivity index (χ1n) is 6.33. The molecule has 4 nitrogen and oxygen atoms in total. The predicted octanol–water partition coefficient (Wildman–Crippen LogP) is 2.92. The number of halogens is 1. The number of nitrogens with one attached hydrogen (secondary N) is 1. The molecule has 5 heteroatoms. The molecule has 0 atom stereocenters. The van der Waals surface area contributed by atoms with Crippen molar-refractivity contribution in [1.29, 1.82) is 0 Å². The number of rotatable bonds is 5. The number of carbonyl (C=O) groups is 1. The fourth-order valence-electron chi connectivity index (χ4n) is 1.64. The number of ether oxygens (including phenoxy) is 1. The molecule has 2 aromatic carbocycles. The third-order valence-electron chi connectivity index (χ3n) is 2.77. The van der Waals surface area contributed by atoms with E-state index in [9.17, 15) is 4.79 Å². The first-order valence-corrected chi connectivity index (χ1v) is 6.71. The van der Waals surface area contributed by atoms with E-state index in [-0.39, 0.29) is 5.91 Å². The van der Waals surface area contributed by atoms with Gasteiger partial charge in [-0.1, -0.05) is 35.9 Å². The first kappa shape index (κ1) is 15.1. The second-order valence-electron chi connectivity index (χ2n) is 4.33. The summed E-state index contributed by atoms with van der Waals surface area (Å²) in [5.74, 6) is 5.39. The zero-order valence-electron chi connectivity index (χ0n) is 11.3. The third-order valence-corrected chi connectivity index (χ3v) is 3.02. The largest absolute Gasteiger partial charge is 0.489 e. The van der Waals surface area contributed by atoms with Gasteiger partial charge in [0.15, 0.2) is 0 Å². The molecule has 3 N–H and O–H groups in total. The SMILES string of the molecule is NNC(=O)/C=C/c1ccc(OCc2ccc(Cl)cc2)cc1. The van der Waals surface area contributed by atoms with Crippen molar-refractivity contribution >= 4 is 23.6 Å². The summed E-state index contributed by atoms with van der Waals surface area (Å²) in [6.07, 6.45) is 3.04. The van der Waals surface area contributed by atoms with Crippen LogP contribution in [-0.2, 0) is 11.4 Å². The lowest BCUT2D eigenvalue weighted by molar-refractivity contribution is -0.116. The fourth-order valence-corrected chi connectivity index (χ4v) is 1.77. The van der Waals surface area contributed by atoms with Crippen LogP contribution in [0.1, 0.15) is 11.1 Å². The van der Waals surface area contributed by atoms with Gasteiger partial charge in [-0.2, -0.15) is 0 Å². The number of hydrazine groups is 1. The molecule has 0 spiro atoms. The molecule has 0 aliphatic carbocycles. The highest BCUT2D eigenvalue weighted by Crippen LogP contribution is 2.16. The molecule has 2 rings (SSSR count). The molecule has 0 bridgehead atoms. The topological polar surface area (TPSA) is 64.3 Å². The van der Waals surface area contributed by atoms with Crippen molar-refractivity contribution in [1.82, 2.24) is 5.43 Å². The van der Waals surface area contributed by atoms with E-state index in [1.165, 1.54) is 6.08 Å². The molecule has 0 radical (unpaired) electrons. The number of nitrogens with two attached hydrogens (primary N) is 1. The fraction of sp³-hybridized carbons (Fsp3) is 0.0625. The van der Waals surface area contributed by atoms with Crippen molar-refractivity contribution in [2.45, 2.75) is 6.61 Å². The Hall–Kier alpha value is -2.30. The molecule has 0 fully saturated rings. The number of hydrogen-bond donors (Lipinski definition) is 2. The molecular weight excluding hydrogens is 288 g/mol. The molecule has 0 saturated heterocycles. The normalized spacial score (nSPS) is 10.6. The monoisotopic (exact) mass is 302 g/mol. The van der Waals surface area contributed by atoms with E-state index < -0.39 is 0 Å². The van der Waals surface area contributed by atoms with Crippen molar-refractivity contribution in [2.75, 3.05) is 0 Å². The molecule has 1 amide bonds. The highest BCUT2D eigenvalue weighted by atomic mass is 35.5. The van der Waals surface area contributed by atoms with Crippen LogP contribution in [0.3, 0.4) is 0 Å². The Morgan fingerprint density at radius 1 is 1.14 bits per heavy atom. The lowest BCUT2D eigenvalue weighted by Gasteiger charge is -2.06. The zero-order chi connectivity index (χ0) is 15.1. The lowest BCUT2D eigenvalue weighted by atomic mass is 10.2. The second kappa shape index (κ2) is 7.47. The van der Waals surface area contributed by atoms with Crippen molar-refractivity contribution in [3.05, 3.63) is 70.8 Å². The van der Waals surface area contributed by atoms with Gasteiger partial charge in [-0.05, 0) is 41.5 Å². The highest BCUT2D eigenvalue weighted by molar-refractivity contribution is 6.30. The van der Waals surface area contributed by atoms with Crippen LogP contribution in [0.4, 0.5) is 0 Å². The Bertz CT molecular complexity index is 622. The van der Waals surface area contributed by atoms with Crippen LogP contribution in [-0.4, -0.2) is 5.91 Å². The van der Waals surface area contributed by atoms with Crippen LogP contribution in [0.25, 0.3) is 6.08 Å². The molecular formula is C16H15ClN2O2. The van der Waals surface area contributed by atoms with Crippen LogP contribution in [0, 0.1) is 0 Å². The standard InChI is InChI=1S/C16H15ClN2O2/c17-14-6-1-13(2-7-14)11-21-15-8-3-12(4-9-15)5-10-16(20)19-18/h1-10H,11,18H2,(H,19,20)/b10-5+. The Balaban J connectivity index is 1.91. The maximum Gasteiger partial charge on any atom is 0.257 e. The van der Waals surface area contributed by atoms with E-state index in [4.69, 9.17) is 22.2 Å². The summed E-state index contributed by atoms with van der Waals surface area (Å²) in [5, 5.41) is 0.705. The quantitative estimate of drug-likeness (QED) is 0.386. The van der Waals surface area contributed by atoms with E-state index in [0.717, 1.165) is 16.9 Å². The van der Waals surface area contributed by atoms with Gasteiger partial charge >= 0.3 is 0 Å². The van der Waals surface area contributed by atoms with Gasteiger partial charge in [0, 0.05) is 11.1 Å². The predicted molar refractivity (Wildman–Crippen MR) is 83.6 cm³/mol. The lowest BCUT2D eigenvalue weighted by Crippen LogP contribution is -2.27. The van der Waals surface area contributed by atoms with Crippen LogP contribution < -0.4 is 16.0 Å². The summed E-state index contributed by atoms with van der Waals surface area (Å²) in [6, 6.07) is 14.9. The molecule has 0 unspecified atom stereocenters. The van der Waals surface area contributed by atoms with Gasteiger partial charge in [-0.25, -0.2) is 5.84 Å². The van der Waals surface area contributed by atoms with Gasteiger partial charge in [0.1, 0.15) is 12.4 Å². The molecule has 0 aromatic heterocycles. The van der Waals surface area contributed by atoms with E-state index >= 15 is 0 Å². The number of benzene rings is 2. The summed E-state index contributed by atoms with van der Waals surface area (Å²) >= 11 is 5.83. The molecule has 0 saturated carbocycles. The van der Waals surface area contributed by atoms with Crippen LogP contribution >= 0.6 is 11.6 Å². The summed E-state index contributed by atoms with van der Waals surface area (Å²) in [7, 11) is 0. The number of hydrogen-bond acceptors (Lipinski definition) is 3. The van der Waals surface area contributed by atoms with Gasteiger partial charge in [0.05, 0.1) is 0 Å². The summed E-state index contributed by atoms with van der Waals surface area (Å²) in [4.78, 5) is 11.0. The van der Waals surface area contributed by atoms with Gasteiger partial charge in [0.25, 0.3) is 5.91 Å². The van der Waals surface area contributed by atoms with E-state index in [2.05, 4.69) is 0 Å². The number of amides is 1. The van der Waals surface area contributed by atoms with Crippen LogP contribution in [0.5, 0.6) is 5.75 Å². The Morgan fingerprint density at radius 2 is 1.81 bits per heavy atom. The Kier molecular flexibility index (Phi) is 5.37. The third kappa shape index (κ3) is 4.95. The maximum atomic E-state index is 11.0. The minimum Gasteiger partial charge on any atom is -0.489 e. The molecule has 0 heterocycles. The van der Waals surface area contributed by atoms with Crippen molar-refractivity contribution in [3.8, 4) is 5.75 Å². The molecule has 2 aromatic rings. The Labute approximate surface area is 128 Å². The van der Waals surface area contributed by atoms with Crippen LogP contribution in [0.2, 0.25) is 5.02 Å². The maximum absolute atomic E-state index is 11.0. The minimum absolute atomic E-state index is 0.349. The highest BCUT2D eigenvalue weighted by Gasteiger charge is 1.97. The van der Waals surface area contributed by atoms with Crippen molar-refractivity contribution in [3.63, 3.8) is 0 Å². The van der Waals surface area contributed by atoms with Gasteiger partial charge in [0.2, 0.25) is 0 Å². The van der Waals surface area contributed by atoms with Crippen molar-refractivity contribution in [2.24, 2.45) is 5.84 Å². The smallest absolute Gasteiger partial charge is 0.257 e. The van der Waals surface area contributed by atoms with E-state index in [0.29, 0.717) is 11.6 Å². The first-order chi connectivity index (χ1) is 10.2. The summed E-state index contributed by atoms with van der Waals surface area (Å²) in [6.45, 7) is 0.474. The second-order valence-corrected chi connectivity index (χ2v) is 4.76. The average molecular weight is 303 g/mol. The number of carbonyl (C=O) groups excluding carboxylic acids is 1.